The number of aromatic nitrogens is 2. The van der Waals surface area contributed by atoms with Crippen molar-refractivity contribution < 1.29 is 0 Å². The second-order valence-corrected chi connectivity index (χ2v) is 4.32. The van der Waals surface area contributed by atoms with Gasteiger partial charge < -0.3 is 9.72 Å². The number of hydrogen-bond donors (Lipinski definition) is 1. The summed E-state index contributed by atoms with van der Waals surface area (Å²) in [7, 11) is 1.95. The fourth-order valence-electron chi connectivity index (χ4n) is 2.07. The number of imidazole rings is 1. The number of hydrogen-bond acceptors (Lipinski definition) is 2. The first-order chi connectivity index (χ1) is 8.86. The smallest absolute Gasteiger partial charge is 0.137 e. The normalized spacial score (nSPS) is 10.9. The second-order valence-electron chi connectivity index (χ2n) is 4.32. The molecule has 3 aromatic rings. The van der Waals surface area contributed by atoms with E-state index in [4.69, 9.17) is 0 Å². The summed E-state index contributed by atoms with van der Waals surface area (Å²) >= 11 is 0. The highest BCUT2D eigenvalue weighted by Crippen LogP contribution is 2.19. The molecule has 3 rings (SSSR count). The molecule has 1 aromatic carbocycles. The SMILES string of the molecule is CNCc1ccc(-c2cn3ccccc3n2)cc1. The van der Waals surface area contributed by atoms with Gasteiger partial charge in [0, 0.05) is 24.5 Å². The first-order valence-corrected chi connectivity index (χ1v) is 6.04. The van der Waals surface area contributed by atoms with Crippen molar-refractivity contribution in [3.05, 3.63) is 60.4 Å². The molecular formula is C15H15N3. The van der Waals surface area contributed by atoms with Gasteiger partial charge in [-0.25, -0.2) is 4.98 Å². The highest BCUT2D eigenvalue weighted by molar-refractivity contribution is 5.62. The predicted octanol–water partition coefficient (Wildman–Crippen LogP) is 2.72. The van der Waals surface area contributed by atoms with Crippen LogP contribution in [0, 0.1) is 0 Å². The van der Waals surface area contributed by atoms with Gasteiger partial charge in [0.25, 0.3) is 0 Å². The number of rotatable bonds is 3. The van der Waals surface area contributed by atoms with Crippen LogP contribution in [0.15, 0.2) is 54.9 Å². The van der Waals surface area contributed by atoms with Gasteiger partial charge in [-0.05, 0) is 24.7 Å². The molecular weight excluding hydrogens is 222 g/mol. The Kier molecular flexibility index (Phi) is 2.82. The minimum Gasteiger partial charge on any atom is -0.316 e. The van der Waals surface area contributed by atoms with E-state index in [9.17, 15) is 0 Å². The van der Waals surface area contributed by atoms with E-state index in [1.807, 2.05) is 35.8 Å². The second kappa shape index (κ2) is 4.63. The van der Waals surface area contributed by atoms with E-state index in [2.05, 4.69) is 40.8 Å². The summed E-state index contributed by atoms with van der Waals surface area (Å²) in [6.45, 7) is 0.894. The Labute approximate surface area is 106 Å². The minimum atomic E-state index is 0.894. The van der Waals surface area contributed by atoms with Crippen LogP contribution in [-0.4, -0.2) is 16.4 Å². The van der Waals surface area contributed by atoms with Crippen molar-refractivity contribution in [2.24, 2.45) is 0 Å². The Bertz CT molecular complexity index is 620. The Morgan fingerprint density at radius 3 is 2.67 bits per heavy atom. The summed E-state index contributed by atoms with van der Waals surface area (Å²) in [6, 6.07) is 14.5. The van der Waals surface area contributed by atoms with Gasteiger partial charge in [-0.2, -0.15) is 0 Å². The zero-order chi connectivity index (χ0) is 12.4. The van der Waals surface area contributed by atoms with Gasteiger partial charge in [-0.15, -0.1) is 0 Å². The van der Waals surface area contributed by atoms with Crippen LogP contribution in [0.5, 0.6) is 0 Å². The summed E-state index contributed by atoms with van der Waals surface area (Å²) in [6.07, 6.45) is 4.07. The van der Waals surface area contributed by atoms with Crippen LogP contribution in [0.4, 0.5) is 0 Å². The van der Waals surface area contributed by atoms with Crippen molar-refractivity contribution in [2.45, 2.75) is 6.54 Å². The lowest BCUT2D eigenvalue weighted by Gasteiger charge is -2.01. The van der Waals surface area contributed by atoms with Crippen molar-refractivity contribution in [1.82, 2.24) is 14.7 Å². The Hall–Kier alpha value is -2.13. The van der Waals surface area contributed by atoms with E-state index >= 15 is 0 Å². The van der Waals surface area contributed by atoms with Crippen molar-refractivity contribution in [3.8, 4) is 11.3 Å². The Morgan fingerprint density at radius 1 is 1.11 bits per heavy atom. The lowest BCUT2D eigenvalue weighted by atomic mass is 10.1. The van der Waals surface area contributed by atoms with Crippen LogP contribution in [0.25, 0.3) is 16.9 Å². The first kappa shape index (κ1) is 11.0. The van der Waals surface area contributed by atoms with E-state index in [0.29, 0.717) is 0 Å². The lowest BCUT2D eigenvalue weighted by Crippen LogP contribution is -2.04. The van der Waals surface area contributed by atoms with Gasteiger partial charge in [0.1, 0.15) is 5.65 Å². The van der Waals surface area contributed by atoms with E-state index in [1.165, 1.54) is 5.56 Å². The number of fused-ring (bicyclic) bond motifs is 1. The Morgan fingerprint density at radius 2 is 1.94 bits per heavy atom. The largest absolute Gasteiger partial charge is 0.316 e. The zero-order valence-electron chi connectivity index (χ0n) is 10.3. The highest BCUT2D eigenvalue weighted by atomic mass is 15.0. The van der Waals surface area contributed by atoms with Crippen LogP contribution in [0.3, 0.4) is 0 Å². The van der Waals surface area contributed by atoms with Crippen LogP contribution in [0.2, 0.25) is 0 Å². The molecule has 1 N–H and O–H groups in total. The molecule has 18 heavy (non-hydrogen) atoms. The van der Waals surface area contributed by atoms with Gasteiger partial charge in [-0.1, -0.05) is 30.3 Å². The molecule has 0 aliphatic rings. The molecule has 0 unspecified atom stereocenters. The standard InChI is InChI=1S/C15H15N3/c1-16-10-12-5-7-13(8-6-12)14-11-18-9-3-2-4-15(18)17-14/h2-9,11,16H,10H2,1H3. The molecule has 0 bridgehead atoms. The quantitative estimate of drug-likeness (QED) is 0.759. The molecule has 0 saturated heterocycles. The molecule has 90 valence electrons. The fraction of sp³-hybridized carbons (Fsp3) is 0.133. The first-order valence-electron chi connectivity index (χ1n) is 6.04. The number of pyridine rings is 1. The molecule has 0 radical (unpaired) electrons. The molecule has 0 fully saturated rings. The third kappa shape index (κ3) is 2.00. The monoisotopic (exact) mass is 237 g/mol. The third-order valence-electron chi connectivity index (χ3n) is 2.99. The molecule has 3 nitrogen and oxygen atoms in total. The molecule has 0 saturated carbocycles. The van der Waals surface area contributed by atoms with E-state index in [1.54, 1.807) is 0 Å². The molecule has 2 heterocycles. The lowest BCUT2D eigenvalue weighted by molar-refractivity contribution is 0.818. The highest BCUT2D eigenvalue weighted by Gasteiger charge is 2.03. The summed E-state index contributed by atoms with van der Waals surface area (Å²) < 4.78 is 2.04. The van der Waals surface area contributed by atoms with Crippen molar-refractivity contribution in [1.29, 1.82) is 0 Å². The third-order valence-corrected chi connectivity index (χ3v) is 2.99. The number of nitrogens with zero attached hydrogens (tertiary/aromatic N) is 2. The average Bonchev–Trinajstić information content (AvgIpc) is 2.84. The van der Waals surface area contributed by atoms with Crippen LogP contribution < -0.4 is 5.32 Å². The molecule has 0 spiro atoms. The zero-order valence-corrected chi connectivity index (χ0v) is 10.3. The van der Waals surface area contributed by atoms with Gasteiger partial charge in [0.2, 0.25) is 0 Å². The van der Waals surface area contributed by atoms with Crippen molar-refractivity contribution >= 4 is 5.65 Å². The average molecular weight is 237 g/mol. The molecule has 0 amide bonds. The van der Waals surface area contributed by atoms with E-state index in [0.717, 1.165) is 23.4 Å². The topological polar surface area (TPSA) is 29.3 Å². The minimum absolute atomic E-state index is 0.894. The molecule has 3 heteroatoms. The van der Waals surface area contributed by atoms with Crippen LogP contribution in [0.1, 0.15) is 5.56 Å². The summed E-state index contributed by atoms with van der Waals surface area (Å²) in [5, 5.41) is 3.14. The van der Waals surface area contributed by atoms with Crippen LogP contribution in [-0.2, 0) is 6.54 Å². The van der Waals surface area contributed by atoms with Gasteiger partial charge in [0.15, 0.2) is 0 Å². The predicted molar refractivity (Wildman–Crippen MR) is 73.4 cm³/mol. The summed E-state index contributed by atoms with van der Waals surface area (Å²) in [5.41, 5.74) is 4.42. The Balaban J connectivity index is 1.98. The molecule has 0 aliphatic heterocycles. The van der Waals surface area contributed by atoms with E-state index in [-0.39, 0.29) is 0 Å². The maximum Gasteiger partial charge on any atom is 0.137 e. The van der Waals surface area contributed by atoms with Gasteiger partial charge >= 0.3 is 0 Å². The van der Waals surface area contributed by atoms with Crippen molar-refractivity contribution in [3.63, 3.8) is 0 Å². The molecule has 0 atom stereocenters. The maximum atomic E-state index is 4.61. The van der Waals surface area contributed by atoms with Crippen molar-refractivity contribution in [2.75, 3.05) is 7.05 Å². The molecule has 0 aliphatic carbocycles. The summed E-state index contributed by atoms with van der Waals surface area (Å²) in [5.74, 6) is 0. The van der Waals surface area contributed by atoms with Crippen LogP contribution >= 0.6 is 0 Å². The van der Waals surface area contributed by atoms with Gasteiger partial charge in [0.05, 0.1) is 5.69 Å². The number of benzene rings is 1. The molecule has 2 aromatic heterocycles. The fourth-order valence-corrected chi connectivity index (χ4v) is 2.07. The van der Waals surface area contributed by atoms with Gasteiger partial charge in [-0.3, -0.25) is 0 Å². The number of nitrogens with one attached hydrogen (secondary N) is 1. The maximum absolute atomic E-state index is 4.61. The summed E-state index contributed by atoms with van der Waals surface area (Å²) in [4.78, 5) is 4.61. The van der Waals surface area contributed by atoms with E-state index < -0.39 is 0 Å².